The number of hydrogen-bond acceptors (Lipinski definition) is 6. The lowest BCUT2D eigenvalue weighted by Crippen LogP contribution is -2.29. The minimum atomic E-state index is -0.387. The Morgan fingerprint density at radius 3 is 2.62 bits per heavy atom. The smallest absolute Gasteiger partial charge is 0.337 e. The van der Waals surface area contributed by atoms with E-state index in [9.17, 15) is 9.59 Å². The average molecular weight is 393 g/mol. The summed E-state index contributed by atoms with van der Waals surface area (Å²) in [4.78, 5) is 23.3. The molecule has 29 heavy (non-hydrogen) atoms. The van der Waals surface area contributed by atoms with Crippen molar-refractivity contribution in [2.75, 3.05) is 19.5 Å². The standard InChI is InChI=1S/C23H23NO5/c1-13(25)29-20-10-8-14(12-21(20)27-2)22-17-6-4-5-16(17)18-11-15(23(26)28-3)7-9-19(18)24-22/h4-5,7-12,16-17,22,24H,6H2,1-3H3. The maximum atomic E-state index is 11.9. The first kappa shape index (κ1) is 19.1. The number of benzene rings is 2. The number of rotatable bonds is 4. The van der Waals surface area contributed by atoms with Crippen LogP contribution in [-0.4, -0.2) is 26.2 Å². The highest BCUT2D eigenvalue weighted by Crippen LogP contribution is 2.50. The fraction of sp³-hybridized carbons (Fsp3) is 0.304. The molecule has 1 aliphatic heterocycles. The molecule has 0 radical (unpaired) electrons. The summed E-state index contributed by atoms with van der Waals surface area (Å²) in [5, 5.41) is 3.62. The Bertz CT molecular complexity index is 997. The van der Waals surface area contributed by atoms with Gasteiger partial charge in [0.25, 0.3) is 0 Å². The first-order chi connectivity index (χ1) is 14.0. The third kappa shape index (κ3) is 3.46. The average Bonchev–Trinajstić information content (AvgIpc) is 3.22. The van der Waals surface area contributed by atoms with Crippen LogP contribution in [0.5, 0.6) is 11.5 Å². The summed E-state index contributed by atoms with van der Waals surface area (Å²) >= 11 is 0. The summed E-state index contributed by atoms with van der Waals surface area (Å²) in [7, 11) is 2.95. The Morgan fingerprint density at radius 2 is 1.90 bits per heavy atom. The third-order valence-electron chi connectivity index (χ3n) is 5.58. The Labute approximate surface area is 169 Å². The molecule has 0 saturated carbocycles. The monoisotopic (exact) mass is 393 g/mol. The summed E-state index contributed by atoms with van der Waals surface area (Å²) in [6, 6.07) is 11.3. The van der Waals surface area contributed by atoms with Crippen molar-refractivity contribution in [2.45, 2.75) is 25.3 Å². The predicted octanol–water partition coefficient (Wildman–Crippen LogP) is 4.23. The number of fused-ring (bicyclic) bond motifs is 3. The van der Waals surface area contributed by atoms with Gasteiger partial charge < -0.3 is 19.5 Å². The molecule has 150 valence electrons. The van der Waals surface area contributed by atoms with E-state index in [4.69, 9.17) is 14.2 Å². The van der Waals surface area contributed by atoms with E-state index in [1.54, 1.807) is 19.2 Å². The highest BCUT2D eigenvalue weighted by atomic mass is 16.6. The lowest BCUT2D eigenvalue weighted by Gasteiger charge is -2.37. The van der Waals surface area contributed by atoms with E-state index >= 15 is 0 Å². The zero-order chi connectivity index (χ0) is 20.5. The van der Waals surface area contributed by atoms with Crippen LogP contribution in [0.4, 0.5) is 5.69 Å². The molecule has 2 aromatic rings. The zero-order valence-corrected chi connectivity index (χ0v) is 16.6. The Morgan fingerprint density at radius 1 is 1.07 bits per heavy atom. The molecule has 1 heterocycles. The second-order valence-electron chi connectivity index (χ2n) is 7.27. The van der Waals surface area contributed by atoms with Crippen LogP contribution >= 0.6 is 0 Å². The van der Waals surface area contributed by atoms with Crippen LogP contribution in [0.1, 0.15) is 46.8 Å². The van der Waals surface area contributed by atoms with E-state index in [1.807, 2.05) is 24.3 Å². The summed E-state index contributed by atoms with van der Waals surface area (Å²) in [5.41, 5.74) is 3.71. The molecule has 0 aromatic heterocycles. The predicted molar refractivity (Wildman–Crippen MR) is 108 cm³/mol. The molecule has 0 fully saturated rings. The maximum absolute atomic E-state index is 11.9. The fourth-order valence-corrected chi connectivity index (χ4v) is 4.29. The van der Waals surface area contributed by atoms with Gasteiger partial charge in [-0.25, -0.2) is 4.79 Å². The number of nitrogens with one attached hydrogen (secondary N) is 1. The lowest BCUT2D eigenvalue weighted by atomic mass is 9.76. The minimum Gasteiger partial charge on any atom is -0.493 e. The van der Waals surface area contributed by atoms with Crippen LogP contribution in [0.3, 0.4) is 0 Å². The molecular weight excluding hydrogens is 370 g/mol. The summed E-state index contributed by atoms with van der Waals surface area (Å²) in [6.45, 7) is 1.37. The molecule has 0 spiro atoms. The normalized spacial score (nSPS) is 21.6. The number of anilines is 1. The van der Waals surface area contributed by atoms with Crippen LogP contribution in [0.25, 0.3) is 0 Å². The van der Waals surface area contributed by atoms with Gasteiger partial charge in [0.1, 0.15) is 0 Å². The highest BCUT2D eigenvalue weighted by molar-refractivity contribution is 5.90. The number of esters is 2. The number of carbonyl (C=O) groups excluding carboxylic acids is 2. The highest BCUT2D eigenvalue weighted by Gasteiger charge is 2.38. The maximum Gasteiger partial charge on any atom is 0.337 e. The van der Waals surface area contributed by atoms with Crippen molar-refractivity contribution >= 4 is 17.6 Å². The number of hydrogen-bond donors (Lipinski definition) is 1. The molecule has 2 aromatic carbocycles. The SMILES string of the molecule is COC(=O)c1ccc2c(c1)C1C=CCC1C(c1ccc(OC(C)=O)c(OC)c1)N2. The van der Waals surface area contributed by atoms with Crippen LogP contribution < -0.4 is 14.8 Å². The molecule has 3 atom stereocenters. The molecule has 0 saturated heterocycles. The number of allylic oxidation sites excluding steroid dienone is 2. The van der Waals surface area contributed by atoms with Gasteiger partial charge in [-0.15, -0.1) is 0 Å². The second kappa shape index (κ2) is 7.62. The van der Waals surface area contributed by atoms with Crippen molar-refractivity contribution in [1.82, 2.24) is 0 Å². The molecular formula is C23H23NO5. The summed E-state index contributed by atoms with van der Waals surface area (Å²) in [5.74, 6) is 0.721. The van der Waals surface area contributed by atoms with Gasteiger partial charge in [-0.1, -0.05) is 18.2 Å². The lowest BCUT2D eigenvalue weighted by molar-refractivity contribution is -0.132. The van der Waals surface area contributed by atoms with E-state index < -0.39 is 0 Å². The van der Waals surface area contributed by atoms with Gasteiger partial charge >= 0.3 is 11.9 Å². The minimum absolute atomic E-state index is 0.0618. The third-order valence-corrected chi connectivity index (χ3v) is 5.58. The van der Waals surface area contributed by atoms with Crippen LogP contribution in [-0.2, 0) is 9.53 Å². The van der Waals surface area contributed by atoms with Crippen molar-refractivity contribution in [3.63, 3.8) is 0 Å². The van der Waals surface area contributed by atoms with Crippen molar-refractivity contribution in [2.24, 2.45) is 5.92 Å². The molecule has 1 aliphatic carbocycles. The van der Waals surface area contributed by atoms with Gasteiger partial charge in [-0.3, -0.25) is 4.79 Å². The quantitative estimate of drug-likeness (QED) is 0.476. The molecule has 3 unspecified atom stereocenters. The first-order valence-electron chi connectivity index (χ1n) is 9.53. The van der Waals surface area contributed by atoms with Crippen molar-refractivity contribution in [3.8, 4) is 11.5 Å². The van der Waals surface area contributed by atoms with Gasteiger partial charge in [0.15, 0.2) is 11.5 Å². The molecule has 2 aliphatic rings. The van der Waals surface area contributed by atoms with E-state index in [1.165, 1.54) is 14.0 Å². The van der Waals surface area contributed by atoms with Crippen LogP contribution in [0.2, 0.25) is 0 Å². The number of ether oxygens (including phenoxy) is 3. The van der Waals surface area contributed by atoms with E-state index in [2.05, 4.69) is 17.5 Å². The van der Waals surface area contributed by atoms with Crippen LogP contribution in [0.15, 0.2) is 48.6 Å². The topological polar surface area (TPSA) is 73.9 Å². The van der Waals surface area contributed by atoms with Crippen molar-refractivity contribution in [3.05, 3.63) is 65.2 Å². The van der Waals surface area contributed by atoms with Gasteiger partial charge in [0.05, 0.1) is 25.8 Å². The number of carbonyl (C=O) groups is 2. The summed E-state index contributed by atoms with van der Waals surface area (Å²) in [6.07, 6.45) is 5.33. The fourth-order valence-electron chi connectivity index (χ4n) is 4.29. The van der Waals surface area contributed by atoms with E-state index in [0.29, 0.717) is 23.0 Å². The van der Waals surface area contributed by atoms with Gasteiger partial charge in [-0.2, -0.15) is 0 Å². The molecule has 4 rings (SSSR count). The van der Waals surface area contributed by atoms with Crippen LogP contribution in [0, 0.1) is 5.92 Å². The molecule has 6 heteroatoms. The molecule has 1 N–H and O–H groups in total. The van der Waals surface area contributed by atoms with Gasteiger partial charge in [0.2, 0.25) is 0 Å². The first-order valence-corrected chi connectivity index (χ1v) is 9.53. The van der Waals surface area contributed by atoms with Gasteiger partial charge in [0, 0.05) is 18.5 Å². The van der Waals surface area contributed by atoms with E-state index in [0.717, 1.165) is 23.2 Å². The van der Waals surface area contributed by atoms with Crippen molar-refractivity contribution < 1.29 is 23.8 Å². The number of methoxy groups -OCH3 is 2. The van der Waals surface area contributed by atoms with E-state index in [-0.39, 0.29) is 23.9 Å². The molecule has 6 nitrogen and oxygen atoms in total. The summed E-state index contributed by atoms with van der Waals surface area (Å²) < 4.78 is 15.5. The molecule has 0 amide bonds. The van der Waals surface area contributed by atoms with Gasteiger partial charge in [-0.05, 0) is 53.8 Å². The second-order valence-corrected chi connectivity index (χ2v) is 7.27. The largest absolute Gasteiger partial charge is 0.493 e. The zero-order valence-electron chi connectivity index (χ0n) is 16.6. The van der Waals surface area contributed by atoms with Crippen molar-refractivity contribution in [1.29, 1.82) is 0 Å². The Kier molecular flexibility index (Phi) is 5.01. The molecule has 0 bridgehead atoms. The Hall–Kier alpha value is -3.28. The Balaban J connectivity index is 1.70.